The molecule has 0 spiro atoms. The van der Waals surface area contributed by atoms with Crippen LogP contribution in [-0.2, 0) is 23.9 Å². The molecule has 1 amide bonds. The minimum atomic E-state index is -0.479. The van der Waals surface area contributed by atoms with Gasteiger partial charge in [-0.05, 0) is 43.4 Å². The molecule has 0 unspecified atom stereocenters. The quantitative estimate of drug-likeness (QED) is 0.830. The molecule has 3 fully saturated rings. The summed E-state index contributed by atoms with van der Waals surface area (Å²) in [6.07, 6.45) is 1.52. The van der Waals surface area contributed by atoms with Gasteiger partial charge in [-0.15, -0.1) is 0 Å². The fraction of sp³-hybridized carbons (Fsp3) is 0.500. The Balaban J connectivity index is 1.35. The van der Waals surface area contributed by atoms with Gasteiger partial charge >= 0.3 is 11.9 Å². The van der Waals surface area contributed by atoms with Crippen molar-refractivity contribution < 1.29 is 23.9 Å². The summed E-state index contributed by atoms with van der Waals surface area (Å²) in [5.41, 5.74) is 1.44. The van der Waals surface area contributed by atoms with Gasteiger partial charge in [0.2, 0.25) is 0 Å². The predicted octanol–water partition coefficient (Wildman–Crippen LogP) is 2.33. The Morgan fingerprint density at radius 2 is 2.16 bits per heavy atom. The molecule has 1 N–H and O–H groups in total. The zero-order valence-corrected chi connectivity index (χ0v) is 14.4. The summed E-state index contributed by atoms with van der Waals surface area (Å²) in [5, 5.41) is 3.19. The highest BCUT2D eigenvalue weighted by molar-refractivity contribution is 6.31. The van der Waals surface area contributed by atoms with E-state index in [0.29, 0.717) is 10.7 Å². The smallest absolute Gasteiger partial charge is 0.310 e. The van der Waals surface area contributed by atoms with Crippen LogP contribution in [0.3, 0.4) is 0 Å². The number of benzene rings is 1. The van der Waals surface area contributed by atoms with Crippen LogP contribution in [0.15, 0.2) is 18.2 Å². The number of amides is 1. The third kappa shape index (κ3) is 2.78. The molecule has 2 bridgehead atoms. The molecule has 0 radical (unpaired) electrons. The van der Waals surface area contributed by atoms with E-state index in [1.165, 1.54) is 0 Å². The van der Waals surface area contributed by atoms with Crippen molar-refractivity contribution in [3.05, 3.63) is 28.8 Å². The standard InChI is InChI=1S/C18H18ClNO5/c1-8-2-3-10(19)6-12(8)20-14(21)7-24-17(22)15-9-4-11-13(5-9)25-18(23)16(11)15/h2-3,6,9,11,13,15-16H,4-5,7H2,1H3,(H,20,21)/t9-,11-,13+,15-,16-/m0/s1. The van der Waals surface area contributed by atoms with Crippen LogP contribution in [0, 0.1) is 30.6 Å². The number of hydrogen-bond acceptors (Lipinski definition) is 5. The monoisotopic (exact) mass is 363 g/mol. The zero-order valence-electron chi connectivity index (χ0n) is 13.7. The molecule has 6 nitrogen and oxygen atoms in total. The summed E-state index contributed by atoms with van der Waals surface area (Å²) < 4.78 is 10.5. The maximum atomic E-state index is 12.4. The van der Waals surface area contributed by atoms with Gasteiger partial charge in [-0.25, -0.2) is 0 Å². The molecule has 1 aromatic carbocycles. The number of anilines is 1. The first-order valence-electron chi connectivity index (χ1n) is 8.37. The van der Waals surface area contributed by atoms with Gasteiger partial charge in [0, 0.05) is 16.6 Å². The van der Waals surface area contributed by atoms with Crippen molar-refractivity contribution in [3.8, 4) is 0 Å². The average molecular weight is 364 g/mol. The second-order valence-electron chi connectivity index (χ2n) is 7.04. The fourth-order valence-corrected chi connectivity index (χ4v) is 4.65. The van der Waals surface area contributed by atoms with E-state index in [-0.39, 0.29) is 30.5 Å². The van der Waals surface area contributed by atoms with Crippen LogP contribution in [0.25, 0.3) is 0 Å². The minimum absolute atomic E-state index is 0.0272. The largest absolute Gasteiger partial charge is 0.462 e. The Labute approximate surface area is 149 Å². The highest BCUT2D eigenvalue weighted by atomic mass is 35.5. The van der Waals surface area contributed by atoms with Gasteiger partial charge in [-0.2, -0.15) is 0 Å². The van der Waals surface area contributed by atoms with Crippen LogP contribution in [0.4, 0.5) is 5.69 Å². The maximum absolute atomic E-state index is 12.4. The molecule has 7 heteroatoms. The van der Waals surface area contributed by atoms with Crippen molar-refractivity contribution in [2.45, 2.75) is 25.9 Å². The number of aryl methyl sites for hydroxylation is 1. The van der Waals surface area contributed by atoms with Crippen molar-refractivity contribution in [3.63, 3.8) is 0 Å². The van der Waals surface area contributed by atoms with E-state index < -0.39 is 23.7 Å². The van der Waals surface area contributed by atoms with Crippen LogP contribution in [0.2, 0.25) is 5.02 Å². The molecule has 3 aliphatic rings. The number of ether oxygens (including phenoxy) is 2. The molecule has 2 aliphatic carbocycles. The minimum Gasteiger partial charge on any atom is -0.462 e. The van der Waals surface area contributed by atoms with E-state index in [0.717, 1.165) is 18.4 Å². The van der Waals surface area contributed by atoms with Crippen molar-refractivity contribution >= 4 is 35.1 Å². The zero-order chi connectivity index (χ0) is 17.7. The number of esters is 2. The van der Waals surface area contributed by atoms with Gasteiger partial charge in [-0.1, -0.05) is 17.7 Å². The third-order valence-corrected chi connectivity index (χ3v) is 5.81. The predicted molar refractivity (Wildman–Crippen MR) is 88.9 cm³/mol. The number of carbonyl (C=O) groups is 3. The van der Waals surface area contributed by atoms with Gasteiger partial charge in [0.15, 0.2) is 6.61 Å². The molecule has 25 heavy (non-hydrogen) atoms. The van der Waals surface area contributed by atoms with E-state index >= 15 is 0 Å². The van der Waals surface area contributed by atoms with Gasteiger partial charge in [0.25, 0.3) is 5.91 Å². The number of halogens is 1. The van der Waals surface area contributed by atoms with Gasteiger partial charge in [0.05, 0.1) is 11.8 Å². The average Bonchev–Trinajstić information content (AvgIpc) is 3.18. The Kier molecular flexibility index (Phi) is 3.95. The molecule has 0 aromatic heterocycles. The summed E-state index contributed by atoms with van der Waals surface area (Å²) in [6.45, 7) is 1.46. The van der Waals surface area contributed by atoms with Crippen LogP contribution in [-0.4, -0.2) is 30.6 Å². The molecule has 1 aliphatic heterocycles. The molecule has 1 heterocycles. The van der Waals surface area contributed by atoms with E-state index in [2.05, 4.69) is 5.32 Å². The van der Waals surface area contributed by atoms with Crippen molar-refractivity contribution in [1.82, 2.24) is 0 Å². The molecule has 132 valence electrons. The summed E-state index contributed by atoms with van der Waals surface area (Å²) in [4.78, 5) is 36.4. The number of rotatable bonds is 4. The lowest BCUT2D eigenvalue weighted by Gasteiger charge is -2.22. The van der Waals surface area contributed by atoms with E-state index in [1.54, 1.807) is 18.2 Å². The summed E-state index contributed by atoms with van der Waals surface area (Å²) in [6, 6.07) is 5.16. The number of carbonyl (C=O) groups excluding carboxylic acids is 3. The lowest BCUT2D eigenvalue weighted by molar-refractivity contribution is -0.157. The van der Waals surface area contributed by atoms with Crippen LogP contribution in [0.5, 0.6) is 0 Å². The Hall–Kier alpha value is -2.08. The maximum Gasteiger partial charge on any atom is 0.310 e. The highest BCUT2D eigenvalue weighted by Gasteiger charge is 2.64. The molecule has 4 rings (SSSR count). The summed E-state index contributed by atoms with van der Waals surface area (Å²) in [5.74, 6) is -1.82. The van der Waals surface area contributed by atoms with Crippen LogP contribution >= 0.6 is 11.6 Å². The first kappa shape index (κ1) is 16.4. The fourth-order valence-electron chi connectivity index (χ4n) is 4.47. The van der Waals surface area contributed by atoms with Gasteiger partial charge in [0.1, 0.15) is 6.10 Å². The van der Waals surface area contributed by atoms with Crippen molar-refractivity contribution in [2.24, 2.45) is 23.7 Å². The van der Waals surface area contributed by atoms with Gasteiger partial charge in [-0.3, -0.25) is 14.4 Å². The lowest BCUT2D eigenvalue weighted by atomic mass is 9.80. The van der Waals surface area contributed by atoms with Crippen molar-refractivity contribution in [2.75, 3.05) is 11.9 Å². The van der Waals surface area contributed by atoms with E-state index in [4.69, 9.17) is 21.1 Å². The molecule has 2 saturated carbocycles. The molecule has 1 saturated heterocycles. The Morgan fingerprint density at radius 3 is 2.96 bits per heavy atom. The highest BCUT2D eigenvalue weighted by Crippen LogP contribution is 2.57. The number of fused-ring (bicyclic) bond motifs is 1. The molecular weight excluding hydrogens is 346 g/mol. The van der Waals surface area contributed by atoms with Crippen LogP contribution < -0.4 is 5.32 Å². The molecule has 1 aromatic rings. The SMILES string of the molecule is Cc1ccc(Cl)cc1NC(=O)COC(=O)[C@H]1[C@H]2C[C@@H]3[C@@H]1C(=O)O[C@@H]3C2. The van der Waals surface area contributed by atoms with E-state index in [9.17, 15) is 14.4 Å². The van der Waals surface area contributed by atoms with Crippen molar-refractivity contribution in [1.29, 1.82) is 0 Å². The van der Waals surface area contributed by atoms with E-state index in [1.807, 2.05) is 6.92 Å². The number of hydrogen-bond donors (Lipinski definition) is 1. The van der Waals surface area contributed by atoms with Crippen LogP contribution in [0.1, 0.15) is 18.4 Å². The molecule has 5 atom stereocenters. The topological polar surface area (TPSA) is 81.7 Å². The first-order valence-corrected chi connectivity index (χ1v) is 8.75. The Bertz CT molecular complexity index is 762. The second kappa shape index (κ2) is 6.02. The lowest BCUT2D eigenvalue weighted by Crippen LogP contribution is -2.35. The van der Waals surface area contributed by atoms with Gasteiger partial charge < -0.3 is 14.8 Å². The molecular formula is C18H18ClNO5. The first-order chi connectivity index (χ1) is 11.9. The number of nitrogens with one attached hydrogen (secondary N) is 1. The third-order valence-electron chi connectivity index (χ3n) is 5.57. The summed E-state index contributed by atoms with van der Waals surface area (Å²) >= 11 is 5.92. The second-order valence-corrected chi connectivity index (χ2v) is 7.47. The summed E-state index contributed by atoms with van der Waals surface area (Å²) in [7, 11) is 0. The Morgan fingerprint density at radius 1 is 1.36 bits per heavy atom. The normalized spacial score (nSPS) is 31.8.